The number of thioether (sulfide) groups is 1. The number of hydrogen-bond acceptors (Lipinski definition) is 3. The van der Waals surface area contributed by atoms with Crippen LogP contribution in [0.25, 0.3) is 11.0 Å². The first-order valence-electron chi connectivity index (χ1n) is 6.42. The molecule has 1 aliphatic rings. The third-order valence-corrected chi connectivity index (χ3v) is 4.20. The Labute approximate surface area is 115 Å². The Morgan fingerprint density at radius 1 is 1.53 bits per heavy atom. The van der Waals surface area contributed by atoms with Crippen LogP contribution in [0.15, 0.2) is 18.2 Å². The SMILES string of the molecule is Cc1ccc2c(c1)nc(CSCC(=O)O)n2C1CC1. The molecule has 0 amide bonds. The molecule has 1 aromatic carbocycles. The quantitative estimate of drug-likeness (QED) is 0.912. The fourth-order valence-corrected chi connectivity index (χ4v) is 2.99. The lowest BCUT2D eigenvalue weighted by atomic mass is 10.2. The van der Waals surface area contributed by atoms with Crippen LogP contribution in [0.4, 0.5) is 0 Å². The minimum absolute atomic E-state index is 0.132. The third-order valence-electron chi connectivity index (χ3n) is 3.29. The Morgan fingerprint density at radius 3 is 3.00 bits per heavy atom. The van der Waals surface area contributed by atoms with Crippen LogP contribution < -0.4 is 0 Å². The maximum absolute atomic E-state index is 10.6. The van der Waals surface area contributed by atoms with Crippen molar-refractivity contribution in [1.82, 2.24) is 9.55 Å². The van der Waals surface area contributed by atoms with Gasteiger partial charge < -0.3 is 9.67 Å². The second-order valence-electron chi connectivity index (χ2n) is 5.01. The summed E-state index contributed by atoms with van der Waals surface area (Å²) in [4.78, 5) is 15.3. The summed E-state index contributed by atoms with van der Waals surface area (Å²) in [6.07, 6.45) is 2.41. The van der Waals surface area contributed by atoms with E-state index >= 15 is 0 Å². The zero-order valence-corrected chi connectivity index (χ0v) is 11.6. The molecule has 1 fully saturated rings. The van der Waals surface area contributed by atoms with Gasteiger partial charge in [0.2, 0.25) is 0 Å². The lowest BCUT2D eigenvalue weighted by Crippen LogP contribution is -2.03. The van der Waals surface area contributed by atoms with Crippen LogP contribution in [-0.4, -0.2) is 26.4 Å². The largest absolute Gasteiger partial charge is 0.481 e. The predicted molar refractivity (Wildman–Crippen MR) is 76.5 cm³/mol. The van der Waals surface area contributed by atoms with E-state index in [-0.39, 0.29) is 5.75 Å². The molecule has 0 bridgehead atoms. The van der Waals surface area contributed by atoms with E-state index in [1.165, 1.54) is 35.7 Å². The van der Waals surface area contributed by atoms with Crippen molar-refractivity contribution in [2.24, 2.45) is 0 Å². The van der Waals surface area contributed by atoms with E-state index in [9.17, 15) is 4.79 Å². The van der Waals surface area contributed by atoms with Crippen molar-refractivity contribution in [1.29, 1.82) is 0 Å². The van der Waals surface area contributed by atoms with Gasteiger partial charge in [0, 0.05) is 6.04 Å². The minimum atomic E-state index is -0.769. The van der Waals surface area contributed by atoms with Crippen molar-refractivity contribution in [2.75, 3.05) is 5.75 Å². The van der Waals surface area contributed by atoms with Gasteiger partial charge in [0.05, 0.1) is 22.5 Å². The third kappa shape index (κ3) is 2.61. The molecule has 0 atom stereocenters. The summed E-state index contributed by atoms with van der Waals surface area (Å²) in [5.74, 6) is 1.04. The van der Waals surface area contributed by atoms with E-state index in [2.05, 4.69) is 34.7 Å². The van der Waals surface area contributed by atoms with Crippen LogP contribution >= 0.6 is 11.8 Å². The molecule has 4 nitrogen and oxygen atoms in total. The number of carboxylic acids is 1. The van der Waals surface area contributed by atoms with E-state index in [4.69, 9.17) is 5.11 Å². The molecule has 1 aliphatic carbocycles. The van der Waals surface area contributed by atoms with E-state index < -0.39 is 5.97 Å². The Bertz CT molecular complexity index is 632. The number of aromatic nitrogens is 2. The summed E-state index contributed by atoms with van der Waals surface area (Å²) in [6.45, 7) is 2.06. The molecule has 19 heavy (non-hydrogen) atoms. The molecule has 2 aromatic rings. The summed E-state index contributed by atoms with van der Waals surface area (Å²) in [6, 6.07) is 6.89. The maximum Gasteiger partial charge on any atom is 0.313 e. The van der Waals surface area contributed by atoms with Gasteiger partial charge in [-0.05, 0) is 37.5 Å². The van der Waals surface area contributed by atoms with Crippen LogP contribution in [0.2, 0.25) is 0 Å². The zero-order chi connectivity index (χ0) is 13.4. The van der Waals surface area contributed by atoms with Gasteiger partial charge in [-0.3, -0.25) is 4.79 Å². The average molecular weight is 276 g/mol. The highest BCUT2D eigenvalue weighted by atomic mass is 32.2. The van der Waals surface area contributed by atoms with Gasteiger partial charge in [-0.2, -0.15) is 0 Å². The van der Waals surface area contributed by atoms with Crippen molar-refractivity contribution in [3.8, 4) is 0 Å². The maximum atomic E-state index is 10.6. The summed E-state index contributed by atoms with van der Waals surface area (Å²) in [5.41, 5.74) is 3.41. The lowest BCUT2D eigenvalue weighted by Gasteiger charge is -2.06. The second-order valence-corrected chi connectivity index (χ2v) is 5.99. The summed E-state index contributed by atoms with van der Waals surface area (Å²) in [7, 11) is 0. The molecule has 1 N–H and O–H groups in total. The second kappa shape index (κ2) is 4.89. The number of hydrogen-bond donors (Lipinski definition) is 1. The number of carbonyl (C=O) groups is 1. The van der Waals surface area contributed by atoms with Crippen molar-refractivity contribution in [3.05, 3.63) is 29.6 Å². The highest BCUT2D eigenvalue weighted by Crippen LogP contribution is 2.39. The molecule has 0 spiro atoms. The van der Waals surface area contributed by atoms with E-state index in [0.717, 1.165) is 11.3 Å². The van der Waals surface area contributed by atoms with Crippen molar-refractivity contribution in [3.63, 3.8) is 0 Å². The summed E-state index contributed by atoms with van der Waals surface area (Å²) < 4.78 is 2.30. The highest BCUT2D eigenvalue weighted by Gasteiger charge is 2.28. The van der Waals surface area contributed by atoms with E-state index in [1.54, 1.807) is 0 Å². The van der Waals surface area contributed by atoms with Gasteiger partial charge in [-0.15, -0.1) is 11.8 Å². The Balaban J connectivity index is 1.93. The lowest BCUT2D eigenvalue weighted by molar-refractivity contribution is -0.133. The van der Waals surface area contributed by atoms with Crippen molar-refractivity contribution < 1.29 is 9.90 Å². The molecule has 100 valence electrons. The first-order valence-corrected chi connectivity index (χ1v) is 7.57. The van der Waals surface area contributed by atoms with E-state index in [0.29, 0.717) is 11.8 Å². The standard InChI is InChI=1S/C14H16N2O2S/c1-9-2-5-12-11(6-9)15-13(7-19-8-14(17)18)16(12)10-3-4-10/h2,5-6,10H,3-4,7-8H2,1H3,(H,17,18). The molecule has 1 aromatic heterocycles. The molecule has 3 rings (SSSR count). The number of aliphatic carboxylic acids is 1. The van der Waals surface area contributed by atoms with Crippen molar-refractivity contribution >= 4 is 28.8 Å². The molecule has 0 aliphatic heterocycles. The van der Waals surface area contributed by atoms with Gasteiger partial charge >= 0.3 is 5.97 Å². The van der Waals surface area contributed by atoms with Crippen LogP contribution in [0.5, 0.6) is 0 Å². The number of fused-ring (bicyclic) bond motifs is 1. The van der Waals surface area contributed by atoms with Gasteiger partial charge in [0.1, 0.15) is 5.82 Å². The molecular formula is C14H16N2O2S. The molecule has 1 heterocycles. The molecule has 0 saturated heterocycles. The Kier molecular flexibility index (Phi) is 3.22. The monoisotopic (exact) mass is 276 g/mol. The molecule has 0 radical (unpaired) electrons. The van der Waals surface area contributed by atoms with Crippen LogP contribution in [0, 0.1) is 6.92 Å². The van der Waals surface area contributed by atoms with Crippen LogP contribution in [-0.2, 0) is 10.5 Å². The van der Waals surface area contributed by atoms with Gasteiger partial charge in [0.15, 0.2) is 0 Å². The smallest absolute Gasteiger partial charge is 0.313 e. The number of rotatable bonds is 5. The van der Waals surface area contributed by atoms with Crippen LogP contribution in [0.3, 0.4) is 0 Å². The number of aryl methyl sites for hydroxylation is 1. The first kappa shape index (κ1) is 12.5. The summed E-state index contributed by atoms with van der Waals surface area (Å²) >= 11 is 1.41. The van der Waals surface area contributed by atoms with Gasteiger partial charge in [0.25, 0.3) is 0 Å². The fraction of sp³-hybridized carbons (Fsp3) is 0.429. The van der Waals surface area contributed by atoms with Gasteiger partial charge in [-0.25, -0.2) is 4.98 Å². The molecule has 5 heteroatoms. The number of imidazole rings is 1. The zero-order valence-electron chi connectivity index (χ0n) is 10.8. The normalized spacial score (nSPS) is 15.0. The predicted octanol–water partition coefficient (Wildman–Crippen LogP) is 3.00. The number of benzene rings is 1. The van der Waals surface area contributed by atoms with Crippen LogP contribution in [0.1, 0.15) is 30.3 Å². The molecule has 1 saturated carbocycles. The Hall–Kier alpha value is -1.49. The molecular weight excluding hydrogens is 260 g/mol. The number of carboxylic acid groups (broad SMARTS) is 1. The highest BCUT2D eigenvalue weighted by molar-refractivity contribution is 7.99. The fourth-order valence-electron chi connectivity index (χ4n) is 2.33. The molecule has 0 unspecified atom stereocenters. The average Bonchev–Trinajstić information content (AvgIpc) is 3.11. The van der Waals surface area contributed by atoms with Crippen molar-refractivity contribution in [2.45, 2.75) is 31.6 Å². The Morgan fingerprint density at radius 2 is 2.32 bits per heavy atom. The topological polar surface area (TPSA) is 55.1 Å². The van der Waals surface area contributed by atoms with E-state index in [1.807, 2.05) is 0 Å². The first-order chi connectivity index (χ1) is 9.15. The minimum Gasteiger partial charge on any atom is -0.481 e. The summed E-state index contributed by atoms with van der Waals surface area (Å²) in [5, 5.41) is 8.71. The van der Waals surface area contributed by atoms with Gasteiger partial charge in [-0.1, -0.05) is 6.07 Å². The number of nitrogens with zero attached hydrogens (tertiary/aromatic N) is 2.